The van der Waals surface area contributed by atoms with Crippen LogP contribution in [0.5, 0.6) is 0 Å². The summed E-state index contributed by atoms with van der Waals surface area (Å²) in [5, 5.41) is 0. The van der Waals surface area contributed by atoms with Gasteiger partial charge in [0, 0.05) is 32.6 Å². The molecule has 6 heteroatoms. The zero-order chi connectivity index (χ0) is 16.2. The van der Waals surface area contributed by atoms with Crippen LogP contribution in [-0.2, 0) is 21.2 Å². The van der Waals surface area contributed by atoms with E-state index < -0.39 is 10.0 Å². The lowest BCUT2D eigenvalue weighted by Gasteiger charge is -2.21. The minimum Gasteiger partial charge on any atom is -0.341 e. The van der Waals surface area contributed by atoms with Crippen LogP contribution in [0.25, 0.3) is 0 Å². The number of nitrogens with zero attached hydrogens (tertiary/aromatic N) is 2. The number of amides is 1. The van der Waals surface area contributed by atoms with Gasteiger partial charge in [0.25, 0.3) is 0 Å². The minimum atomic E-state index is -3.16. The Morgan fingerprint density at radius 3 is 2.64 bits per heavy atom. The highest BCUT2D eigenvalue weighted by atomic mass is 32.2. The average molecular weight is 324 g/mol. The quantitative estimate of drug-likeness (QED) is 0.842. The van der Waals surface area contributed by atoms with E-state index in [2.05, 4.69) is 6.07 Å². The molecule has 122 valence electrons. The van der Waals surface area contributed by atoms with Gasteiger partial charge < -0.3 is 4.90 Å². The van der Waals surface area contributed by atoms with Crippen molar-refractivity contribution >= 4 is 15.9 Å². The number of hydrogen-bond donors (Lipinski definition) is 0. The lowest BCUT2D eigenvalue weighted by Crippen LogP contribution is -2.37. The summed E-state index contributed by atoms with van der Waals surface area (Å²) in [6.07, 6.45) is 3.13. The highest BCUT2D eigenvalue weighted by molar-refractivity contribution is 7.88. The normalized spacial score (nSPS) is 17.3. The molecule has 1 saturated heterocycles. The first kappa shape index (κ1) is 17.0. The summed E-state index contributed by atoms with van der Waals surface area (Å²) in [7, 11) is -3.16. The van der Waals surface area contributed by atoms with Gasteiger partial charge in [0.1, 0.15) is 0 Å². The van der Waals surface area contributed by atoms with Crippen molar-refractivity contribution < 1.29 is 13.2 Å². The first-order chi connectivity index (χ1) is 10.4. The Morgan fingerprint density at radius 1 is 1.18 bits per heavy atom. The number of carbonyl (C=O) groups is 1. The second-order valence-electron chi connectivity index (χ2n) is 5.89. The summed E-state index contributed by atoms with van der Waals surface area (Å²) in [4.78, 5) is 14.1. The molecule has 1 aromatic carbocycles. The smallest absolute Gasteiger partial charge is 0.222 e. The first-order valence-corrected chi connectivity index (χ1v) is 9.49. The molecule has 0 aromatic heterocycles. The topological polar surface area (TPSA) is 57.7 Å². The van der Waals surface area contributed by atoms with Crippen molar-refractivity contribution in [3.8, 4) is 0 Å². The van der Waals surface area contributed by atoms with Crippen LogP contribution in [0.3, 0.4) is 0 Å². The van der Waals surface area contributed by atoms with E-state index in [1.807, 2.05) is 25.1 Å². The summed E-state index contributed by atoms with van der Waals surface area (Å²) in [6, 6.07) is 8.18. The molecule has 22 heavy (non-hydrogen) atoms. The highest BCUT2D eigenvalue weighted by Crippen LogP contribution is 2.11. The van der Waals surface area contributed by atoms with E-state index >= 15 is 0 Å². The van der Waals surface area contributed by atoms with Gasteiger partial charge in [-0.3, -0.25) is 4.79 Å². The molecule has 1 heterocycles. The second kappa shape index (κ2) is 7.24. The number of hydrogen-bond acceptors (Lipinski definition) is 3. The summed E-state index contributed by atoms with van der Waals surface area (Å²) < 4.78 is 24.6. The number of benzene rings is 1. The van der Waals surface area contributed by atoms with E-state index in [0.29, 0.717) is 39.0 Å². The third-order valence-electron chi connectivity index (χ3n) is 3.99. The van der Waals surface area contributed by atoms with Crippen LogP contribution in [0.1, 0.15) is 24.0 Å². The standard InChI is InChI=1S/C16H24N2O3S/c1-14-5-3-6-15(13-14)7-8-16(19)17-9-4-10-18(12-11-17)22(2,20)21/h3,5-6,13H,4,7-12H2,1-2H3. The number of carbonyl (C=O) groups excluding carboxylic acids is 1. The highest BCUT2D eigenvalue weighted by Gasteiger charge is 2.23. The van der Waals surface area contributed by atoms with E-state index in [4.69, 9.17) is 0 Å². The van der Waals surface area contributed by atoms with Crippen LogP contribution in [-0.4, -0.2) is 56.0 Å². The van der Waals surface area contributed by atoms with Crippen LogP contribution in [0, 0.1) is 6.92 Å². The van der Waals surface area contributed by atoms with Crippen molar-refractivity contribution in [2.24, 2.45) is 0 Å². The van der Waals surface area contributed by atoms with Crippen molar-refractivity contribution in [2.75, 3.05) is 32.4 Å². The molecule has 1 aliphatic rings. The van der Waals surface area contributed by atoms with Crippen LogP contribution >= 0.6 is 0 Å². The lowest BCUT2D eigenvalue weighted by atomic mass is 10.1. The molecule has 0 unspecified atom stereocenters. The fraction of sp³-hybridized carbons (Fsp3) is 0.562. The lowest BCUT2D eigenvalue weighted by molar-refractivity contribution is -0.131. The molecule has 0 N–H and O–H groups in total. The van der Waals surface area contributed by atoms with E-state index in [1.165, 1.54) is 21.7 Å². The van der Waals surface area contributed by atoms with Crippen LogP contribution in [0.2, 0.25) is 0 Å². The maximum absolute atomic E-state index is 12.3. The van der Waals surface area contributed by atoms with Gasteiger partial charge in [-0.1, -0.05) is 29.8 Å². The summed E-state index contributed by atoms with van der Waals surface area (Å²) in [5.74, 6) is 0.108. The molecule has 1 aromatic rings. The van der Waals surface area contributed by atoms with E-state index in [-0.39, 0.29) is 5.91 Å². The van der Waals surface area contributed by atoms with Crippen molar-refractivity contribution in [3.63, 3.8) is 0 Å². The van der Waals surface area contributed by atoms with Crippen molar-refractivity contribution in [3.05, 3.63) is 35.4 Å². The Bertz CT molecular complexity index is 628. The molecule has 0 saturated carbocycles. The van der Waals surface area contributed by atoms with Gasteiger partial charge in [-0.15, -0.1) is 0 Å². The van der Waals surface area contributed by atoms with Gasteiger partial charge in [0.05, 0.1) is 6.26 Å². The first-order valence-electron chi connectivity index (χ1n) is 7.65. The maximum atomic E-state index is 12.3. The van der Waals surface area contributed by atoms with E-state index in [9.17, 15) is 13.2 Å². The van der Waals surface area contributed by atoms with Gasteiger partial charge >= 0.3 is 0 Å². The largest absolute Gasteiger partial charge is 0.341 e. The number of aryl methyl sites for hydroxylation is 2. The Labute approximate surface area is 133 Å². The number of sulfonamides is 1. The van der Waals surface area contributed by atoms with Crippen LogP contribution in [0.15, 0.2) is 24.3 Å². The van der Waals surface area contributed by atoms with Crippen LogP contribution < -0.4 is 0 Å². The molecule has 0 aliphatic carbocycles. The molecular formula is C16H24N2O3S. The van der Waals surface area contributed by atoms with Gasteiger partial charge in [-0.25, -0.2) is 12.7 Å². The maximum Gasteiger partial charge on any atom is 0.222 e. The molecule has 2 rings (SSSR count). The van der Waals surface area contributed by atoms with Gasteiger partial charge in [-0.2, -0.15) is 0 Å². The van der Waals surface area contributed by atoms with Gasteiger partial charge in [0.2, 0.25) is 15.9 Å². The molecule has 0 radical (unpaired) electrons. The van der Waals surface area contributed by atoms with Crippen molar-refractivity contribution in [1.29, 1.82) is 0 Å². The third kappa shape index (κ3) is 4.81. The fourth-order valence-electron chi connectivity index (χ4n) is 2.75. The fourth-order valence-corrected chi connectivity index (χ4v) is 3.63. The zero-order valence-electron chi connectivity index (χ0n) is 13.3. The molecule has 1 aliphatic heterocycles. The molecule has 1 amide bonds. The Balaban J connectivity index is 1.88. The third-order valence-corrected chi connectivity index (χ3v) is 5.29. The second-order valence-corrected chi connectivity index (χ2v) is 7.87. The monoisotopic (exact) mass is 324 g/mol. The molecule has 0 spiro atoms. The van der Waals surface area contributed by atoms with Gasteiger partial charge in [0.15, 0.2) is 0 Å². The van der Waals surface area contributed by atoms with Gasteiger partial charge in [-0.05, 0) is 25.3 Å². The Morgan fingerprint density at radius 2 is 1.95 bits per heavy atom. The zero-order valence-corrected chi connectivity index (χ0v) is 14.1. The minimum absolute atomic E-state index is 0.108. The predicted octanol–water partition coefficient (Wildman–Crippen LogP) is 1.42. The molecule has 1 fully saturated rings. The van der Waals surface area contributed by atoms with Crippen molar-refractivity contribution in [2.45, 2.75) is 26.2 Å². The van der Waals surface area contributed by atoms with Crippen molar-refractivity contribution in [1.82, 2.24) is 9.21 Å². The van der Waals surface area contributed by atoms with Crippen LogP contribution in [0.4, 0.5) is 0 Å². The summed E-state index contributed by atoms with van der Waals surface area (Å²) in [6.45, 7) is 4.06. The Hall–Kier alpha value is -1.40. The summed E-state index contributed by atoms with van der Waals surface area (Å²) >= 11 is 0. The molecule has 0 bridgehead atoms. The molecule has 0 atom stereocenters. The molecule has 5 nitrogen and oxygen atoms in total. The van der Waals surface area contributed by atoms with E-state index in [0.717, 1.165) is 6.42 Å². The predicted molar refractivity (Wildman–Crippen MR) is 87.1 cm³/mol. The Kier molecular flexibility index (Phi) is 5.58. The van der Waals surface area contributed by atoms with E-state index in [1.54, 1.807) is 4.90 Å². The number of rotatable bonds is 4. The summed E-state index contributed by atoms with van der Waals surface area (Å²) in [5.41, 5.74) is 2.37. The SMILES string of the molecule is Cc1cccc(CCC(=O)N2CCCN(S(C)(=O)=O)CC2)c1. The average Bonchev–Trinajstić information content (AvgIpc) is 2.70. The molecular weight excluding hydrogens is 300 g/mol.